The Hall–Kier alpha value is -2.30. The molecule has 1 heterocycles. The quantitative estimate of drug-likeness (QED) is 0.734. The largest absolute Gasteiger partial charge is 0.394 e. The maximum absolute atomic E-state index is 10.2. The van der Waals surface area contributed by atoms with Gasteiger partial charge in [-0.1, -0.05) is 55.3 Å². The minimum atomic E-state index is -0.150. The lowest BCUT2D eigenvalue weighted by molar-refractivity contribution is 0.0199. The third kappa shape index (κ3) is 3.48. The highest BCUT2D eigenvalue weighted by molar-refractivity contribution is 5.73. The predicted octanol–water partition coefficient (Wildman–Crippen LogP) is 3.94. The zero-order valence-electron chi connectivity index (χ0n) is 15.0. The molecule has 0 atom stereocenters. The van der Waals surface area contributed by atoms with Crippen LogP contribution >= 0.6 is 0 Å². The number of nitrogens with zero attached hydrogens (tertiary/aromatic N) is 3. The molecule has 4 nitrogen and oxygen atoms in total. The van der Waals surface area contributed by atoms with Crippen molar-refractivity contribution in [2.45, 2.75) is 44.3 Å². The number of aliphatic hydroxyl groups is 1. The molecular formula is C22H25N3O. The number of para-hydroxylation sites is 2. The van der Waals surface area contributed by atoms with Gasteiger partial charge in [-0.2, -0.15) is 0 Å². The number of aliphatic hydroxyl groups excluding tert-OH is 1. The second kappa shape index (κ2) is 7.52. The van der Waals surface area contributed by atoms with Crippen molar-refractivity contribution >= 4 is 11.0 Å². The molecule has 0 radical (unpaired) electrons. The second-order valence-corrected chi connectivity index (χ2v) is 7.28. The Bertz CT molecular complexity index is 859. The molecule has 4 heteroatoms. The van der Waals surface area contributed by atoms with Gasteiger partial charge in [0.05, 0.1) is 29.5 Å². The lowest BCUT2D eigenvalue weighted by Crippen LogP contribution is -2.48. The van der Waals surface area contributed by atoms with Crippen LogP contribution in [0.4, 0.5) is 0 Å². The van der Waals surface area contributed by atoms with E-state index in [2.05, 4.69) is 34.1 Å². The zero-order valence-corrected chi connectivity index (χ0v) is 15.0. The summed E-state index contributed by atoms with van der Waals surface area (Å²) in [6, 6.07) is 18.5. The Balaban J connectivity index is 1.65. The van der Waals surface area contributed by atoms with Crippen LogP contribution in [0, 0.1) is 0 Å². The number of hydrogen-bond donors (Lipinski definition) is 1. The van der Waals surface area contributed by atoms with Gasteiger partial charge in [-0.25, -0.2) is 4.98 Å². The van der Waals surface area contributed by atoms with Crippen LogP contribution in [0.25, 0.3) is 11.0 Å². The minimum absolute atomic E-state index is 0.150. The average molecular weight is 347 g/mol. The first-order valence-corrected chi connectivity index (χ1v) is 9.40. The lowest BCUT2D eigenvalue weighted by atomic mass is 9.95. The normalized spacial score (nSPS) is 16.4. The summed E-state index contributed by atoms with van der Waals surface area (Å²) in [6.07, 6.45) is 6.31. The van der Waals surface area contributed by atoms with E-state index in [1.165, 1.54) is 18.4 Å². The van der Waals surface area contributed by atoms with Gasteiger partial charge in [0.25, 0.3) is 0 Å². The molecule has 1 fully saturated rings. The SMILES string of the molecule is OCC1(N(Cc2ccccc2)Cc2cnc3ccccc3n2)CCCC1. The Morgan fingerprint density at radius 3 is 2.31 bits per heavy atom. The van der Waals surface area contributed by atoms with Crippen molar-refractivity contribution in [3.63, 3.8) is 0 Å². The van der Waals surface area contributed by atoms with Crippen LogP contribution in [0.2, 0.25) is 0 Å². The minimum Gasteiger partial charge on any atom is -0.394 e. The molecule has 1 aromatic heterocycles. The molecule has 0 aliphatic heterocycles. The van der Waals surface area contributed by atoms with Crippen LogP contribution in [0.3, 0.4) is 0 Å². The lowest BCUT2D eigenvalue weighted by Gasteiger charge is -2.40. The summed E-state index contributed by atoms with van der Waals surface area (Å²) in [5, 5.41) is 10.2. The summed E-state index contributed by atoms with van der Waals surface area (Å²) in [5.74, 6) is 0. The number of aromatic nitrogens is 2. The Morgan fingerprint density at radius 2 is 1.58 bits per heavy atom. The highest BCUT2D eigenvalue weighted by atomic mass is 16.3. The Morgan fingerprint density at radius 1 is 0.885 bits per heavy atom. The summed E-state index contributed by atoms with van der Waals surface area (Å²) < 4.78 is 0. The van der Waals surface area contributed by atoms with Crippen molar-refractivity contribution in [2.24, 2.45) is 0 Å². The van der Waals surface area contributed by atoms with Gasteiger partial charge < -0.3 is 5.11 Å². The Labute approximate surface area is 154 Å². The van der Waals surface area contributed by atoms with Crippen molar-refractivity contribution < 1.29 is 5.11 Å². The fourth-order valence-corrected chi connectivity index (χ4v) is 4.07. The van der Waals surface area contributed by atoms with E-state index in [-0.39, 0.29) is 12.1 Å². The molecular weight excluding hydrogens is 322 g/mol. The molecule has 0 bridgehead atoms. The van der Waals surface area contributed by atoms with Gasteiger partial charge in [0.1, 0.15) is 0 Å². The van der Waals surface area contributed by atoms with Gasteiger partial charge in [0.2, 0.25) is 0 Å². The molecule has 0 unspecified atom stereocenters. The highest BCUT2D eigenvalue weighted by Gasteiger charge is 2.39. The maximum Gasteiger partial charge on any atom is 0.0890 e. The Kier molecular flexibility index (Phi) is 4.96. The van der Waals surface area contributed by atoms with Crippen LogP contribution in [-0.4, -0.2) is 32.1 Å². The number of fused-ring (bicyclic) bond motifs is 1. The molecule has 0 amide bonds. The molecule has 1 aliphatic carbocycles. The number of benzene rings is 2. The number of hydrogen-bond acceptors (Lipinski definition) is 4. The van der Waals surface area contributed by atoms with Crippen molar-refractivity contribution in [3.8, 4) is 0 Å². The van der Waals surface area contributed by atoms with Crippen molar-refractivity contribution in [1.82, 2.24) is 14.9 Å². The summed E-state index contributed by atoms with van der Waals surface area (Å²) in [7, 11) is 0. The van der Waals surface area contributed by atoms with E-state index in [0.29, 0.717) is 6.54 Å². The molecule has 134 valence electrons. The molecule has 1 saturated carbocycles. The van der Waals surface area contributed by atoms with Crippen LogP contribution in [0.15, 0.2) is 60.8 Å². The first kappa shape index (κ1) is 17.1. The first-order chi connectivity index (χ1) is 12.8. The molecule has 2 aromatic carbocycles. The molecule has 0 saturated heterocycles. The third-order valence-corrected chi connectivity index (χ3v) is 5.57. The number of rotatable bonds is 6. The van der Waals surface area contributed by atoms with E-state index in [9.17, 15) is 5.11 Å². The van der Waals surface area contributed by atoms with E-state index >= 15 is 0 Å². The van der Waals surface area contributed by atoms with Gasteiger partial charge in [-0.15, -0.1) is 0 Å². The predicted molar refractivity (Wildman–Crippen MR) is 104 cm³/mol. The van der Waals surface area contributed by atoms with E-state index in [1.807, 2.05) is 36.5 Å². The smallest absolute Gasteiger partial charge is 0.0890 e. The van der Waals surface area contributed by atoms with Crippen molar-refractivity contribution in [3.05, 3.63) is 72.1 Å². The standard InChI is InChI=1S/C22H25N3O/c26-17-22(12-6-7-13-22)25(15-18-8-2-1-3-9-18)16-19-14-23-20-10-4-5-11-21(20)24-19/h1-5,8-11,14,26H,6-7,12-13,15-17H2. The van der Waals surface area contributed by atoms with Crippen molar-refractivity contribution in [1.29, 1.82) is 0 Å². The average Bonchev–Trinajstić information content (AvgIpc) is 3.19. The van der Waals surface area contributed by atoms with E-state index in [4.69, 9.17) is 4.98 Å². The second-order valence-electron chi connectivity index (χ2n) is 7.28. The zero-order chi connectivity index (χ0) is 17.8. The van der Waals surface area contributed by atoms with Gasteiger partial charge in [-0.3, -0.25) is 9.88 Å². The van der Waals surface area contributed by atoms with Crippen LogP contribution in [-0.2, 0) is 13.1 Å². The van der Waals surface area contributed by atoms with Crippen LogP contribution < -0.4 is 0 Å². The third-order valence-electron chi connectivity index (χ3n) is 5.57. The van der Waals surface area contributed by atoms with Crippen molar-refractivity contribution in [2.75, 3.05) is 6.61 Å². The van der Waals surface area contributed by atoms with Gasteiger partial charge in [-0.05, 0) is 30.5 Å². The topological polar surface area (TPSA) is 49.2 Å². The molecule has 1 aliphatic rings. The molecule has 0 spiro atoms. The van der Waals surface area contributed by atoms with Gasteiger partial charge in [0.15, 0.2) is 0 Å². The van der Waals surface area contributed by atoms with Crippen LogP contribution in [0.5, 0.6) is 0 Å². The molecule has 1 N–H and O–H groups in total. The highest BCUT2D eigenvalue weighted by Crippen LogP contribution is 2.36. The molecule has 4 rings (SSSR count). The fourth-order valence-electron chi connectivity index (χ4n) is 4.07. The van der Waals surface area contributed by atoms with E-state index < -0.39 is 0 Å². The first-order valence-electron chi connectivity index (χ1n) is 9.40. The van der Waals surface area contributed by atoms with Gasteiger partial charge >= 0.3 is 0 Å². The van der Waals surface area contributed by atoms with E-state index in [1.54, 1.807) is 0 Å². The molecule has 26 heavy (non-hydrogen) atoms. The molecule has 3 aromatic rings. The van der Waals surface area contributed by atoms with Gasteiger partial charge in [0, 0.05) is 18.6 Å². The summed E-state index contributed by atoms with van der Waals surface area (Å²) in [5.41, 5.74) is 3.92. The monoisotopic (exact) mass is 347 g/mol. The maximum atomic E-state index is 10.2. The van der Waals surface area contributed by atoms with E-state index in [0.717, 1.165) is 36.1 Å². The summed E-state index contributed by atoms with van der Waals surface area (Å²) in [6.45, 7) is 1.71. The summed E-state index contributed by atoms with van der Waals surface area (Å²) in [4.78, 5) is 11.8. The van der Waals surface area contributed by atoms with Crippen LogP contribution in [0.1, 0.15) is 36.9 Å². The fraction of sp³-hybridized carbons (Fsp3) is 0.364. The summed E-state index contributed by atoms with van der Waals surface area (Å²) >= 11 is 0.